The average Bonchev–Trinajstić information content (AvgIpc) is 3.60. The second-order valence-corrected chi connectivity index (χ2v) is 11.9. The van der Waals surface area contributed by atoms with E-state index in [4.69, 9.17) is 34.8 Å². The van der Waals surface area contributed by atoms with E-state index in [0.29, 0.717) is 32.0 Å². The predicted molar refractivity (Wildman–Crippen MR) is 139 cm³/mol. The standard InChI is InChI=1S/C26H20BrCl3N2O3/c1-11-6-18(27)20(30)9-21(11)31(24(33)15-3-2-12(28)7-19(15)29)10-32-25(34)22-13-4-5-14(17-8-16(13)17)23(22)26(32)35/h2-7,9,13-14,16-17,22-23H,8,10H2,1H3. The number of imide groups is 1. The first-order valence-corrected chi connectivity index (χ1v) is 13.4. The summed E-state index contributed by atoms with van der Waals surface area (Å²) in [6, 6.07) is 8.07. The molecule has 35 heavy (non-hydrogen) atoms. The Morgan fingerprint density at radius 1 is 1.00 bits per heavy atom. The summed E-state index contributed by atoms with van der Waals surface area (Å²) in [6.07, 6.45) is 5.35. The minimum Gasteiger partial charge on any atom is -0.289 e. The second-order valence-electron chi connectivity index (χ2n) is 9.81. The molecule has 180 valence electrons. The number of hydrogen-bond acceptors (Lipinski definition) is 3. The maximum atomic E-state index is 13.8. The molecule has 6 unspecified atom stereocenters. The van der Waals surface area contributed by atoms with Crippen molar-refractivity contribution in [1.29, 1.82) is 0 Å². The summed E-state index contributed by atoms with van der Waals surface area (Å²) in [5.41, 5.74) is 1.46. The molecule has 6 atom stereocenters. The molecule has 0 spiro atoms. The van der Waals surface area contributed by atoms with Gasteiger partial charge in [0.2, 0.25) is 11.8 Å². The second kappa shape index (κ2) is 8.34. The SMILES string of the molecule is Cc1cc(Br)c(Cl)cc1N(CN1C(=O)C2C3C=CC(C4CC34)C2C1=O)C(=O)c1ccc(Cl)cc1Cl. The molecule has 4 aliphatic carbocycles. The number of allylic oxidation sites excluding steroid dienone is 2. The van der Waals surface area contributed by atoms with Crippen molar-refractivity contribution in [1.82, 2.24) is 4.90 Å². The topological polar surface area (TPSA) is 57.7 Å². The van der Waals surface area contributed by atoms with Crippen LogP contribution < -0.4 is 4.90 Å². The summed E-state index contributed by atoms with van der Waals surface area (Å²) in [5, 5.41) is 0.987. The van der Waals surface area contributed by atoms with Crippen molar-refractivity contribution in [2.45, 2.75) is 13.3 Å². The first kappa shape index (κ1) is 23.5. The molecule has 0 aromatic heterocycles. The number of aryl methyl sites for hydroxylation is 1. The number of halogens is 4. The van der Waals surface area contributed by atoms with Crippen LogP contribution in [0.5, 0.6) is 0 Å². The summed E-state index contributed by atoms with van der Waals surface area (Å²) >= 11 is 22.2. The van der Waals surface area contributed by atoms with Crippen LogP contribution >= 0.6 is 50.7 Å². The van der Waals surface area contributed by atoms with Crippen LogP contribution in [0.15, 0.2) is 47.0 Å². The van der Waals surface area contributed by atoms with Gasteiger partial charge < -0.3 is 0 Å². The van der Waals surface area contributed by atoms with E-state index in [2.05, 4.69) is 28.1 Å². The van der Waals surface area contributed by atoms with E-state index in [1.54, 1.807) is 24.3 Å². The van der Waals surface area contributed by atoms with Crippen molar-refractivity contribution >= 4 is 74.1 Å². The molecular weight excluding hydrogens is 575 g/mol. The number of anilines is 1. The van der Waals surface area contributed by atoms with Crippen molar-refractivity contribution in [2.75, 3.05) is 11.6 Å². The van der Waals surface area contributed by atoms with Crippen LogP contribution in [0.4, 0.5) is 5.69 Å². The van der Waals surface area contributed by atoms with E-state index in [0.717, 1.165) is 12.0 Å². The Morgan fingerprint density at radius 3 is 2.23 bits per heavy atom. The van der Waals surface area contributed by atoms with Gasteiger partial charge in [-0.05, 0) is 88.8 Å². The fourth-order valence-electron chi connectivity index (χ4n) is 6.28. The van der Waals surface area contributed by atoms with Gasteiger partial charge in [-0.1, -0.05) is 47.0 Å². The van der Waals surface area contributed by atoms with Gasteiger partial charge in [0.25, 0.3) is 5.91 Å². The highest BCUT2D eigenvalue weighted by molar-refractivity contribution is 9.10. The Morgan fingerprint density at radius 2 is 1.63 bits per heavy atom. The van der Waals surface area contributed by atoms with Gasteiger partial charge >= 0.3 is 0 Å². The van der Waals surface area contributed by atoms with Gasteiger partial charge in [-0.15, -0.1) is 0 Å². The Kier molecular flexibility index (Phi) is 5.61. The van der Waals surface area contributed by atoms with Gasteiger partial charge in [-0.2, -0.15) is 0 Å². The molecule has 1 saturated heterocycles. The zero-order chi connectivity index (χ0) is 24.8. The van der Waals surface area contributed by atoms with Crippen molar-refractivity contribution in [3.8, 4) is 0 Å². The quantitative estimate of drug-likeness (QED) is 0.305. The van der Waals surface area contributed by atoms with E-state index in [-0.39, 0.29) is 52.7 Å². The summed E-state index contributed by atoms with van der Waals surface area (Å²) < 4.78 is 0.679. The number of likely N-dealkylation sites (tertiary alicyclic amines) is 1. The highest BCUT2D eigenvalue weighted by Crippen LogP contribution is 2.65. The third-order valence-electron chi connectivity index (χ3n) is 7.97. The Bertz CT molecular complexity index is 1310. The molecule has 0 N–H and O–H groups in total. The lowest BCUT2D eigenvalue weighted by Gasteiger charge is -2.37. The summed E-state index contributed by atoms with van der Waals surface area (Å²) in [6.45, 7) is 1.63. The van der Waals surface area contributed by atoms with Gasteiger partial charge in [0, 0.05) is 9.50 Å². The summed E-state index contributed by atoms with van der Waals surface area (Å²) in [5.74, 6) is -0.324. The number of benzene rings is 2. The molecule has 5 aliphatic rings. The number of carbonyl (C=O) groups is 3. The monoisotopic (exact) mass is 592 g/mol. The Balaban J connectivity index is 1.39. The average molecular weight is 595 g/mol. The van der Waals surface area contributed by atoms with Crippen LogP contribution in [-0.2, 0) is 9.59 Å². The molecule has 7 rings (SSSR count). The van der Waals surface area contributed by atoms with Crippen molar-refractivity contribution < 1.29 is 14.4 Å². The Hall–Kier alpha value is -1.86. The molecular formula is C26H20BrCl3N2O3. The Labute approximate surface area is 226 Å². The summed E-state index contributed by atoms with van der Waals surface area (Å²) in [4.78, 5) is 43.7. The highest BCUT2D eigenvalue weighted by atomic mass is 79.9. The first-order valence-electron chi connectivity index (χ1n) is 11.4. The van der Waals surface area contributed by atoms with Gasteiger partial charge in [0.05, 0.1) is 33.1 Å². The van der Waals surface area contributed by atoms with Crippen LogP contribution in [0, 0.1) is 42.4 Å². The third-order valence-corrected chi connectivity index (χ3v) is 9.72. The van der Waals surface area contributed by atoms with Crippen molar-refractivity contribution in [3.63, 3.8) is 0 Å². The lowest BCUT2D eigenvalue weighted by Crippen LogP contribution is -2.45. The van der Waals surface area contributed by atoms with Crippen LogP contribution in [0.1, 0.15) is 22.3 Å². The molecule has 1 aliphatic heterocycles. The zero-order valence-corrected chi connectivity index (χ0v) is 22.4. The molecule has 9 heteroatoms. The van der Waals surface area contributed by atoms with E-state index in [9.17, 15) is 14.4 Å². The highest BCUT2D eigenvalue weighted by Gasteiger charge is 2.67. The van der Waals surface area contributed by atoms with Crippen molar-refractivity contribution in [3.05, 3.63) is 73.2 Å². The fraction of sp³-hybridized carbons (Fsp3) is 0.346. The van der Waals surface area contributed by atoms with E-state index < -0.39 is 5.91 Å². The van der Waals surface area contributed by atoms with Crippen LogP contribution in [0.2, 0.25) is 15.1 Å². The number of nitrogens with zero attached hydrogens (tertiary/aromatic N) is 2. The minimum absolute atomic E-state index is 0.107. The molecule has 5 nitrogen and oxygen atoms in total. The zero-order valence-electron chi connectivity index (χ0n) is 18.6. The van der Waals surface area contributed by atoms with Crippen LogP contribution in [-0.4, -0.2) is 29.3 Å². The molecule has 1 heterocycles. The molecule has 2 bridgehead atoms. The minimum atomic E-state index is -0.451. The molecule has 2 aromatic carbocycles. The normalized spacial score (nSPS) is 29.9. The largest absolute Gasteiger partial charge is 0.289 e. The lowest BCUT2D eigenvalue weighted by molar-refractivity contribution is -0.140. The molecule has 2 saturated carbocycles. The first-order chi connectivity index (χ1) is 16.7. The summed E-state index contributed by atoms with van der Waals surface area (Å²) in [7, 11) is 0. The fourth-order valence-corrected chi connectivity index (χ4v) is 7.39. The molecule has 2 aromatic rings. The lowest BCUT2D eigenvalue weighted by atomic mass is 9.63. The maximum absolute atomic E-state index is 13.8. The smallest absolute Gasteiger partial charge is 0.261 e. The van der Waals surface area contributed by atoms with E-state index >= 15 is 0 Å². The third kappa shape index (κ3) is 3.59. The molecule has 3 amide bonds. The predicted octanol–water partition coefficient (Wildman–Crippen LogP) is 6.38. The molecule has 3 fully saturated rings. The number of amides is 3. The van der Waals surface area contributed by atoms with Crippen LogP contribution in [0.25, 0.3) is 0 Å². The number of rotatable bonds is 4. The van der Waals surface area contributed by atoms with Gasteiger partial charge in [0.15, 0.2) is 0 Å². The van der Waals surface area contributed by atoms with Gasteiger partial charge in [-0.25, -0.2) is 0 Å². The van der Waals surface area contributed by atoms with Crippen molar-refractivity contribution in [2.24, 2.45) is 35.5 Å². The van der Waals surface area contributed by atoms with E-state index in [1.165, 1.54) is 15.9 Å². The number of hydrogen-bond donors (Lipinski definition) is 0. The van der Waals surface area contributed by atoms with Gasteiger partial charge in [0.1, 0.15) is 6.67 Å². The molecule has 0 radical (unpaired) electrons. The maximum Gasteiger partial charge on any atom is 0.261 e. The number of carbonyl (C=O) groups excluding carboxylic acids is 3. The van der Waals surface area contributed by atoms with Crippen LogP contribution in [0.3, 0.4) is 0 Å². The van der Waals surface area contributed by atoms with E-state index in [1.807, 2.05) is 6.92 Å². The van der Waals surface area contributed by atoms with Gasteiger partial charge in [-0.3, -0.25) is 24.2 Å².